The van der Waals surface area contributed by atoms with E-state index in [1.54, 1.807) is 0 Å². The van der Waals surface area contributed by atoms with Gasteiger partial charge in [0.25, 0.3) is 0 Å². The summed E-state index contributed by atoms with van der Waals surface area (Å²) < 4.78 is 25.2. The van der Waals surface area contributed by atoms with Crippen molar-refractivity contribution in [2.24, 2.45) is 0 Å². The molecule has 1 aromatic carbocycles. The van der Waals surface area contributed by atoms with Gasteiger partial charge in [-0.05, 0) is 23.8 Å². The largest absolute Gasteiger partial charge is 0.504 e. The van der Waals surface area contributed by atoms with Gasteiger partial charge in [0.05, 0.1) is 11.2 Å². The first-order valence-electron chi connectivity index (χ1n) is 5.21. The van der Waals surface area contributed by atoms with Gasteiger partial charge in [-0.2, -0.15) is 0 Å². The van der Waals surface area contributed by atoms with E-state index in [-0.39, 0.29) is 11.5 Å². The minimum Gasteiger partial charge on any atom is -0.504 e. The van der Waals surface area contributed by atoms with Crippen LogP contribution >= 0.6 is 0 Å². The van der Waals surface area contributed by atoms with Crippen LogP contribution in [-0.2, 0) is 4.79 Å². The molecule has 0 aromatic heterocycles. The summed E-state index contributed by atoms with van der Waals surface area (Å²) in [5.41, 5.74) is 0.407. The average Bonchev–Trinajstić information content (AvgIpc) is 2.17. The number of rotatable bonds is 3. The summed E-state index contributed by atoms with van der Waals surface area (Å²) in [4.78, 5) is 10.3. The lowest BCUT2D eigenvalue weighted by molar-refractivity contribution is -0.131. The molecule has 0 radical (unpaired) electrons. The second kappa shape index (κ2) is 4.32. The molecular weight excluding hydrogens is 184 g/mol. The van der Waals surface area contributed by atoms with Crippen LogP contribution in [0.25, 0.3) is 6.08 Å². The van der Waals surface area contributed by atoms with Crippen LogP contribution in [0.3, 0.4) is 0 Å². The molecule has 0 saturated heterocycles. The molecule has 0 unspecified atom stereocenters. The van der Waals surface area contributed by atoms with E-state index < -0.39 is 13.0 Å². The Kier molecular flexibility index (Phi) is 2.00. The van der Waals surface area contributed by atoms with Gasteiger partial charge in [-0.3, -0.25) is 0 Å². The lowest BCUT2D eigenvalue weighted by Crippen LogP contribution is -1.87. The highest BCUT2D eigenvalue weighted by Crippen LogP contribution is 2.26. The predicted molar refractivity (Wildman–Crippen MR) is 51.3 cm³/mol. The molecule has 0 spiro atoms. The van der Waals surface area contributed by atoms with Gasteiger partial charge < -0.3 is 14.9 Å². The molecule has 4 heteroatoms. The van der Waals surface area contributed by atoms with Crippen molar-refractivity contribution in [2.75, 3.05) is 7.04 Å². The van der Waals surface area contributed by atoms with Crippen LogP contribution in [0.4, 0.5) is 0 Å². The molecule has 0 amide bonds. The maximum absolute atomic E-state index is 10.3. The minimum absolute atomic E-state index is 0.225. The minimum atomic E-state index is -2.67. The van der Waals surface area contributed by atoms with Gasteiger partial charge in [0.2, 0.25) is 0 Å². The quantitative estimate of drug-likeness (QED) is 0.720. The predicted octanol–water partition coefficient (Wildman–Crippen LogP) is 1.50. The lowest BCUT2D eigenvalue weighted by atomic mass is 10.2. The smallest absolute Gasteiger partial charge is 0.328 e. The normalized spacial score (nSPS) is 14.4. The van der Waals surface area contributed by atoms with Gasteiger partial charge in [0.15, 0.2) is 11.5 Å². The van der Waals surface area contributed by atoms with Gasteiger partial charge in [0.1, 0.15) is 0 Å². The zero-order valence-corrected chi connectivity index (χ0v) is 7.10. The molecule has 74 valence electrons. The summed E-state index contributed by atoms with van der Waals surface area (Å²) >= 11 is 0. The number of aromatic hydroxyl groups is 1. The molecule has 0 aliphatic heterocycles. The maximum Gasteiger partial charge on any atom is 0.328 e. The Labute approximate surface area is 85.3 Å². The fourth-order valence-electron chi connectivity index (χ4n) is 0.884. The van der Waals surface area contributed by atoms with Crippen LogP contribution in [0.2, 0.25) is 0 Å². The lowest BCUT2D eigenvalue weighted by Gasteiger charge is -2.03. The topological polar surface area (TPSA) is 66.8 Å². The molecule has 0 aliphatic rings. The number of hydrogen-bond acceptors (Lipinski definition) is 3. The number of aliphatic carboxylic acids is 1. The van der Waals surface area contributed by atoms with Crippen LogP contribution in [0.5, 0.6) is 11.5 Å². The summed E-state index contributed by atoms with van der Waals surface area (Å²) in [5, 5.41) is 17.8. The standard InChI is InChI=1S/C10H10O4/c1-14-9-6-7(2-4-8(9)11)3-5-10(12)13/h2-6,11H,1H3,(H,12,13)/b5-3+/i1D3. The number of benzene rings is 1. The Bertz CT molecular complexity index is 451. The van der Waals surface area contributed by atoms with Gasteiger partial charge in [-0.25, -0.2) is 4.79 Å². The monoisotopic (exact) mass is 197 g/mol. The number of ether oxygens (including phenoxy) is 1. The van der Waals surface area contributed by atoms with Crippen molar-refractivity contribution in [3.8, 4) is 11.5 Å². The number of carboxylic acids is 1. The number of carbonyl (C=O) groups is 1. The molecule has 0 aliphatic carbocycles. The first kappa shape index (κ1) is 6.48. The fourth-order valence-corrected chi connectivity index (χ4v) is 0.884. The van der Waals surface area contributed by atoms with E-state index in [1.165, 1.54) is 24.3 Å². The summed E-state index contributed by atoms with van der Waals surface area (Å²) in [6, 6.07) is 3.89. The molecule has 4 nitrogen and oxygen atoms in total. The highest BCUT2D eigenvalue weighted by atomic mass is 16.5. The van der Waals surface area contributed by atoms with E-state index in [4.69, 9.17) is 9.22 Å². The highest BCUT2D eigenvalue weighted by molar-refractivity contribution is 5.85. The molecule has 14 heavy (non-hydrogen) atoms. The van der Waals surface area contributed by atoms with Crippen molar-refractivity contribution < 1.29 is 23.9 Å². The average molecular weight is 197 g/mol. The SMILES string of the molecule is [2H]C([2H])([2H])Oc1cc(/C=C/C(=O)O)ccc1O. The van der Waals surface area contributed by atoms with E-state index in [0.29, 0.717) is 5.56 Å². The van der Waals surface area contributed by atoms with Crippen LogP contribution in [-0.4, -0.2) is 23.2 Å². The van der Waals surface area contributed by atoms with E-state index in [0.717, 1.165) is 6.08 Å². The number of hydrogen-bond donors (Lipinski definition) is 2. The van der Waals surface area contributed by atoms with Gasteiger partial charge in [-0.1, -0.05) is 6.07 Å². The summed E-state index contributed by atoms with van der Waals surface area (Å²) in [6.07, 6.45) is 2.15. The summed E-state index contributed by atoms with van der Waals surface area (Å²) in [7, 11) is -2.67. The number of phenolic OH excluding ortho intramolecular Hbond substituents is 1. The fraction of sp³-hybridized carbons (Fsp3) is 0.100. The Balaban J connectivity index is 2.98. The van der Waals surface area contributed by atoms with Crippen molar-refractivity contribution in [1.29, 1.82) is 0 Å². The third kappa shape index (κ3) is 2.52. The third-order valence-corrected chi connectivity index (χ3v) is 1.51. The molecule has 0 heterocycles. The van der Waals surface area contributed by atoms with Crippen LogP contribution in [0.1, 0.15) is 9.68 Å². The number of phenols is 1. The summed E-state index contributed by atoms with van der Waals surface area (Å²) in [6.45, 7) is 0. The zero-order valence-electron chi connectivity index (χ0n) is 10.1. The van der Waals surface area contributed by atoms with Crippen LogP contribution < -0.4 is 4.74 Å². The van der Waals surface area contributed by atoms with Gasteiger partial charge in [-0.15, -0.1) is 0 Å². The zero-order chi connectivity index (χ0) is 13.1. The third-order valence-electron chi connectivity index (χ3n) is 1.51. The highest BCUT2D eigenvalue weighted by Gasteiger charge is 2.00. The molecule has 0 atom stereocenters. The molecule has 1 aromatic rings. The molecule has 0 fully saturated rings. The second-order valence-corrected chi connectivity index (χ2v) is 2.50. The van der Waals surface area contributed by atoms with E-state index in [9.17, 15) is 9.90 Å². The summed E-state index contributed by atoms with van der Waals surface area (Å²) in [5.74, 6) is -1.68. The molecule has 0 saturated carbocycles. The molecule has 0 bridgehead atoms. The van der Waals surface area contributed by atoms with Crippen molar-refractivity contribution in [3.63, 3.8) is 0 Å². The van der Waals surface area contributed by atoms with E-state index >= 15 is 0 Å². The maximum atomic E-state index is 10.3. The first-order chi connectivity index (χ1) is 7.78. The van der Waals surface area contributed by atoms with Crippen molar-refractivity contribution in [2.45, 2.75) is 0 Å². The Morgan fingerprint density at radius 1 is 1.64 bits per heavy atom. The Morgan fingerprint density at radius 2 is 2.43 bits per heavy atom. The van der Waals surface area contributed by atoms with Crippen LogP contribution in [0.15, 0.2) is 24.3 Å². The van der Waals surface area contributed by atoms with Crippen molar-refractivity contribution in [1.82, 2.24) is 0 Å². The van der Waals surface area contributed by atoms with Gasteiger partial charge in [0, 0.05) is 6.08 Å². The van der Waals surface area contributed by atoms with E-state index in [1.807, 2.05) is 0 Å². The van der Waals surface area contributed by atoms with E-state index in [2.05, 4.69) is 4.74 Å². The first-order valence-corrected chi connectivity index (χ1v) is 3.71. The number of carboxylic acid groups (broad SMARTS) is 1. The van der Waals surface area contributed by atoms with Gasteiger partial charge >= 0.3 is 5.97 Å². The number of methoxy groups -OCH3 is 1. The second-order valence-electron chi connectivity index (χ2n) is 2.50. The Morgan fingerprint density at radius 3 is 3.07 bits per heavy atom. The molecule has 2 N–H and O–H groups in total. The Hall–Kier alpha value is -1.97. The molecule has 1 rings (SSSR count). The molecular formula is C10H10O4. The van der Waals surface area contributed by atoms with Crippen molar-refractivity contribution in [3.05, 3.63) is 29.8 Å². The van der Waals surface area contributed by atoms with Crippen LogP contribution in [0, 0.1) is 0 Å². The van der Waals surface area contributed by atoms with Crippen molar-refractivity contribution >= 4 is 12.0 Å².